The summed E-state index contributed by atoms with van der Waals surface area (Å²) in [6.45, 7) is 3.42. The Balaban J connectivity index is 2.05. The minimum atomic E-state index is -0.843. The van der Waals surface area contributed by atoms with Crippen molar-refractivity contribution in [1.29, 1.82) is 0 Å². The van der Waals surface area contributed by atoms with Crippen LogP contribution in [0.2, 0.25) is 0 Å². The molecule has 3 amide bonds. The minimum Gasteiger partial charge on any atom is -0.464 e. The van der Waals surface area contributed by atoms with E-state index in [1.165, 1.54) is 6.92 Å². The Bertz CT molecular complexity index is 783. The van der Waals surface area contributed by atoms with Gasteiger partial charge >= 0.3 is 12.0 Å². The summed E-state index contributed by atoms with van der Waals surface area (Å²) >= 11 is 0. The number of rotatable bonds is 8. The molecule has 1 aromatic heterocycles. The standard InChI is InChI=1S/C20H24N4O4/c1-3-28-19(26)14(2)22-20(27)24-17(13-15-7-5-4-6-8-15)18(25)23-16-9-11-21-12-10-16/h4-12,14,17H,3,13H2,1-2H3,(H,21,23,25)(H2,22,24,27)/t14-,17?/m0/s1. The number of benzene rings is 1. The van der Waals surface area contributed by atoms with Gasteiger partial charge in [-0.05, 0) is 31.5 Å². The summed E-state index contributed by atoms with van der Waals surface area (Å²) in [6.07, 6.45) is 3.41. The van der Waals surface area contributed by atoms with E-state index in [9.17, 15) is 14.4 Å². The number of urea groups is 1. The topological polar surface area (TPSA) is 109 Å². The number of esters is 1. The molecule has 0 radical (unpaired) electrons. The second-order valence-electron chi connectivity index (χ2n) is 6.06. The van der Waals surface area contributed by atoms with Gasteiger partial charge in [0.25, 0.3) is 0 Å². The van der Waals surface area contributed by atoms with Gasteiger partial charge in [0, 0.05) is 24.5 Å². The molecular weight excluding hydrogens is 360 g/mol. The number of nitrogens with zero attached hydrogens (tertiary/aromatic N) is 1. The molecule has 2 rings (SSSR count). The summed E-state index contributed by atoms with van der Waals surface area (Å²) in [4.78, 5) is 40.6. The van der Waals surface area contributed by atoms with Crippen LogP contribution >= 0.6 is 0 Å². The molecule has 148 valence electrons. The predicted molar refractivity (Wildman–Crippen MR) is 105 cm³/mol. The lowest BCUT2D eigenvalue weighted by atomic mass is 10.1. The van der Waals surface area contributed by atoms with Crippen LogP contribution in [-0.4, -0.2) is 41.6 Å². The van der Waals surface area contributed by atoms with Crippen LogP contribution in [0.3, 0.4) is 0 Å². The van der Waals surface area contributed by atoms with Gasteiger partial charge in [-0.2, -0.15) is 0 Å². The van der Waals surface area contributed by atoms with Crippen molar-refractivity contribution in [2.45, 2.75) is 32.4 Å². The van der Waals surface area contributed by atoms with Gasteiger partial charge in [0.15, 0.2) is 0 Å². The van der Waals surface area contributed by atoms with E-state index in [1.54, 1.807) is 31.5 Å². The fraction of sp³-hybridized carbons (Fsp3) is 0.300. The van der Waals surface area contributed by atoms with E-state index in [-0.39, 0.29) is 12.5 Å². The zero-order valence-corrected chi connectivity index (χ0v) is 15.8. The minimum absolute atomic E-state index is 0.220. The van der Waals surface area contributed by atoms with E-state index >= 15 is 0 Å². The van der Waals surface area contributed by atoms with Crippen molar-refractivity contribution in [3.05, 3.63) is 60.4 Å². The van der Waals surface area contributed by atoms with Gasteiger partial charge in [-0.1, -0.05) is 30.3 Å². The summed E-state index contributed by atoms with van der Waals surface area (Å²) in [5, 5.41) is 7.86. The predicted octanol–water partition coefficient (Wildman–Crippen LogP) is 1.88. The third-order valence-corrected chi connectivity index (χ3v) is 3.84. The fourth-order valence-electron chi connectivity index (χ4n) is 2.45. The lowest BCUT2D eigenvalue weighted by Gasteiger charge is -2.20. The zero-order valence-electron chi connectivity index (χ0n) is 15.8. The van der Waals surface area contributed by atoms with Crippen molar-refractivity contribution >= 4 is 23.6 Å². The first kappa shape index (κ1) is 20.9. The Kier molecular flexibility index (Phi) is 7.95. The summed E-state index contributed by atoms with van der Waals surface area (Å²) in [5.74, 6) is -0.924. The number of ether oxygens (including phenoxy) is 1. The number of aromatic nitrogens is 1. The highest BCUT2D eigenvalue weighted by Crippen LogP contribution is 2.08. The molecule has 28 heavy (non-hydrogen) atoms. The number of carbonyl (C=O) groups is 3. The third kappa shape index (κ3) is 6.71. The molecule has 0 bridgehead atoms. The zero-order chi connectivity index (χ0) is 20.4. The van der Waals surface area contributed by atoms with Gasteiger partial charge in [-0.25, -0.2) is 9.59 Å². The molecule has 0 saturated heterocycles. The number of carbonyl (C=O) groups excluding carboxylic acids is 3. The molecule has 0 aliphatic carbocycles. The molecule has 0 fully saturated rings. The monoisotopic (exact) mass is 384 g/mol. The van der Waals surface area contributed by atoms with Gasteiger partial charge in [0.2, 0.25) is 5.91 Å². The SMILES string of the molecule is CCOC(=O)[C@H](C)NC(=O)NC(Cc1ccccc1)C(=O)Nc1ccncc1. The quantitative estimate of drug-likeness (QED) is 0.602. The van der Waals surface area contributed by atoms with Crippen molar-refractivity contribution in [1.82, 2.24) is 15.6 Å². The van der Waals surface area contributed by atoms with Crippen LogP contribution in [-0.2, 0) is 20.7 Å². The Labute approximate surface area is 163 Å². The fourth-order valence-corrected chi connectivity index (χ4v) is 2.45. The molecule has 0 aliphatic rings. The summed E-state index contributed by atoms with van der Waals surface area (Å²) < 4.78 is 4.87. The molecule has 8 nitrogen and oxygen atoms in total. The molecule has 0 aliphatic heterocycles. The van der Waals surface area contributed by atoms with Crippen LogP contribution < -0.4 is 16.0 Å². The highest BCUT2D eigenvalue weighted by atomic mass is 16.5. The first-order valence-electron chi connectivity index (χ1n) is 8.98. The maximum Gasteiger partial charge on any atom is 0.328 e. The summed E-state index contributed by atoms with van der Waals surface area (Å²) in [6, 6.07) is 10.3. The van der Waals surface area contributed by atoms with Gasteiger partial charge in [-0.3, -0.25) is 9.78 Å². The maximum absolute atomic E-state index is 12.7. The van der Waals surface area contributed by atoms with Crippen molar-refractivity contribution in [3.63, 3.8) is 0 Å². The first-order valence-corrected chi connectivity index (χ1v) is 8.98. The molecule has 1 aromatic carbocycles. The smallest absolute Gasteiger partial charge is 0.328 e. The van der Waals surface area contributed by atoms with Crippen LogP contribution in [0.15, 0.2) is 54.9 Å². The van der Waals surface area contributed by atoms with Gasteiger partial charge in [0.05, 0.1) is 6.61 Å². The number of hydrogen-bond acceptors (Lipinski definition) is 5. The van der Waals surface area contributed by atoms with Crippen molar-refractivity contribution in [2.75, 3.05) is 11.9 Å². The molecule has 0 saturated carbocycles. The number of nitrogens with one attached hydrogen (secondary N) is 3. The van der Waals surface area contributed by atoms with E-state index in [1.807, 2.05) is 30.3 Å². The number of pyridine rings is 1. The normalized spacial score (nSPS) is 12.4. The molecule has 3 N–H and O–H groups in total. The largest absolute Gasteiger partial charge is 0.464 e. The van der Waals surface area contributed by atoms with Gasteiger partial charge in [0.1, 0.15) is 12.1 Å². The average Bonchev–Trinajstić information content (AvgIpc) is 2.69. The van der Waals surface area contributed by atoms with E-state index < -0.39 is 24.1 Å². The average molecular weight is 384 g/mol. The highest BCUT2D eigenvalue weighted by molar-refractivity contribution is 5.97. The van der Waals surface area contributed by atoms with Crippen LogP contribution in [0.1, 0.15) is 19.4 Å². The third-order valence-electron chi connectivity index (χ3n) is 3.84. The molecule has 2 atom stereocenters. The lowest BCUT2D eigenvalue weighted by Crippen LogP contribution is -2.52. The Morgan fingerprint density at radius 2 is 1.71 bits per heavy atom. The van der Waals surface area contributed by atoms with Gasteiger partial charge < -0.3 is 20.7 Å². The molecule has 2 aromatic rings. The summed E-state index contributed by atoms with van der Waals surface area (Å²) in [7, 11) is 0. The number of hydrogen-bond donors (Lipinski definition) is 3. The van der Waals surface area contributed by atoms with Crippen LogP contribution in [0.5, 0.6) is 0 Å². The Morgan fingerprint density at radius 1 is 1.04 bits per heavy atom. The van der Waals surface area contributed by atoms with Crippen LogP contribution in [0.25, 0.3) is 0 Å². The summed E-state index contributed by atoms with van der Waals surface area (Å²) in [5.41, 5.74) is 1.45. The van der Waals surface area contributed by atoms with E-state index in [4.69, 9.17) is 4.74 Å². The van der Waals surface area contributed by atoms with E-state index in [0.717, 1.165) is 5.56 Å². The van der Waals surface area contributed by atoms with Crippen molar-refractivity contribution in [2.24, 2.45) is 0 Å². The molecule has 0 spiro atoms. The highest BCUT2D eigenvalue weighted by Gasteiger charge is 2.24. The molecular formula is C20H24N4O4. The Hall–Kier alpha value is -3.42. The second-order valence-corrected chi connectivity index (χ2v) is 6.06. The van der Waals surface area contributed by atoms with E-state index in [2.05, 4.69) is 20.9 Å². The molecule has 1 unspecified atom stereocenters. The van der Waals surface area contributed by atoms with Crippen LogP contribution in [0, 0.1) is 0 Å². The number of amides is 3. The Morgan fingerprint density at radius 3 is 2.36 bits per heavy atom. The van der Waals surface area contributed by atoms with Crippen LogP contribution in [0.4, 0.5) is 10.5 Å². The van der Waals surface area contributed by atoms with Crippen molar-refractivity contribution in [3.8, 4) is 0 Å². The van der Waals surface area contributed by atoms with E-state index in [0.29, 0.717) is 12.1 Å². The van der Waals surface area contributed by atoms with Gasteiger partial charge in [-0.15, -0.1) is 0 Å². The van der Waals surface area contributed by atoms with Crippen molar-refractivity contribution < 1.29 is 19.1 Å². The lowest BCUT2D eigenvalue weighted by molar-refractivity contribution is -0.144. The molecule has 8 heteroatoms. The second kappa shape index (κ2) is 10.7. The molecule has 1 heterocycles. The first-order chi connectivity index (χ1) is 13.5. The maximum atomic E-state index is 12.7. The number of anilines is 1.